The maximum Gasteiger partial charge on any atom is 0.239 e. The Bertz CT molecular complexity index is 231. The summed E-state index contributed by atoms with van der Waals surface area (Å²) >= 11 is 0. The van der Waals surface area contributed by atoms with Crippen LogP contribution in [-0.2, 0) is 9.59 Å². The van der Waals surface area contributed by atoms with E-state index >= 15 is 0 Å². The second kappa shape index (κ2) is 8.10. The summed E-state index contributed by atoms with van der Waals surface area (Å²) in [6.07, 6.45) is 3.31. The summed E-state index contributed by atoms with van der Waals surface area (Å²) in [6, 6.07) is -0.513. The highest BCUT2D eigenvalue weighted by Gasteiger charge is 2.20. The minimum Gasteiger partial charge on any atom is -0.368 e. The van der Waals surface area contributed by atoms with Gasteiger partial charge >= 0.3 is 0 Å². The van der Waals surface area contributed by atoms with Crippen molar-refractivity contribution in [3.8, 4) is 0 Å². The van der Waals surface area contributed by atoms with E-state index in [0.29, 0.717) is 13.0 Å². The first-order valence-corrected chi connectivity index (χ1v) is 5.85. The third-order valence-corrected chi connectivity index (χ3v) is 2.36. The molecule has 0 aromatic rings. The van der Waals surface area contributed by atoms with Crippen molar-refractivity contribution >= 4 is 11.8 Å². The number of amides is 2. The number of carbonyl (C=O) groups excluding carboxylic acids is 2. The Morgan fingerprint density at radius 1 is 1.25 bits per heavy atom. The van der Waals surface area contributed by atoms with E-state index in [2.05, 4.69) is 0 Å². The summed E-state index contributed by atoms with van der Waals surface area (Å²) in [5, 5.41) is 0. The van der Waals surface area contributed by atoms with Gasteiger partial charge in [0.05, 0.1) is 12.6 Å². The molecule has 0 radical (unpaired) electrons. The summed E-state index contributed by atoms with van der Waals surface area (Å²) in [4.78, 5) is 24.2. The average molecular weight is 229 g/mol. The van der Waals surface area contributed by atoms with Crippen LogP contribution in [0.2, 0.25) is 0 Å². The molecule has 0 saturated heterocycles. The molecular weight excluding hydrogens is 206 g/mol. The molecule has 0 aliphatic rings. The van der Waals surface area contributed by atoms with Gasteiger partial charge in [-0.1, -0.05) is 26.7 Å². The standard InChI is InChI=1S/C11H23N3O2/c1-3-5-7-14(8-10(13)15)11(16)9(12)6-4-2/h9H,3-8,12H2,1-2H3,(H2,13,15)/t9-/m0/s1. The lowest BCUT2D eigenvalue weighted by Crippen LogP contribution is -2.47. The van der Waals surface area contributed by atoms with E-state index in [1.807, 2.05) is 13.8 Å². The van der Waals surface area contributed by atoms with Gasteiger partial charge in [0.15, 0.2) is 0 Å². The zero-order chi connectivity index (χ0) is 12.6. The van der Waals surface area contributed by atoms with Gasteiger partial charge in [0, 0.05) is 6.54 Å². The van der Waals surface area contributed by atoms with Crippen molar-refractivity contribution < 1.29 is 9.59 Å². The molecule has 0 aromatic heterocycles. The highest BCUT2D eigenvalue weighted by molar-refractivity contribution is 5.86. The molecule has 0 bridgehead atoms. The molecule has 0 aliphatic heterocycles. The molecule has 5 nitrogen and oxygen atoms in total. The zero-order valence-electron chi connectivity index (χ0n) is 10.2. The Morgan fingerprint density at radius 2 is 1.88 bits per heavy atom. The van der Waals surface area contributed by atoms with E-state index in [0.717, 1.165) is 19.3 Å². The van der Waals surface area contributed by atoms with E-state index in [1.165, 1.54) is 4.90 Å². The fraction of sp³-hybridized carbons (Fsp3) is 0.818. The number of hydrogen-bond donors (Lipinski definition) is 2. The maximum atomic E-state index is 11.9. The Balaban J connectivity index is 4.35. The van der Waals surface area contributed by atoms with Gasteiger partial charge in [-0.05, 0) is 12.8 Å². The second-order valence-corrected chi connectivity index (χ2v) is 3.97. The van der Waals surface area contributed by atoms with Crippen LogP contribution in [-0.4, -0.2) is 35.8 Å². The summed E-state index contributed by atoms with van der Waals surface area (Å²) in [5.41, 5.74) is 10.8. The van der Waals surface area contributed by atoms with Gasteiger partial charge in [0.25, 0.3) is 0 Å². The van der Waals surface area contributed by atoms with Crippen LogP contribution in [0.3, 0.4) is 0 Å². The molecule has 0 heterocycles. The SMILES string of the molecule is CCCCN(CC(N)=O)C(=O)[C@@H](N)CCC. The van der Waals surface area contributed by atoms with E-state index in [4.69, 9.17) is 11.5 Å². The van der Waals surface area contributed by atoms with Crippen LogP contribution >= 0.6 is 0 Å². The van der Waals surface area contributed by atoms with Crippen molar-refractivity contribution in [2.75, 3.05) is 13.1 Å². The Morgan fingerprint density at radius 3 is 2.31 bits per heavy atom. The predicted octanol–water partition coefficient (Wildman–Crippen LogP) is 0.228. The summed E-state index contributed by atoms with van der Waals surface area (Å²) in [6.45, 7) is 4.52. The normalized spacial score (nSPS) is 12.2. The molecule has 0 aliphatic carbocycles. The fourth-order valence-corrected chi connectivity index (χ4v) is 1.47. The first-order chi connectivity index (χ1) is 7.52. The Kier molecular flexibility index (Phi) is 7.54. The molecule has 0 fully saturated rings. The third kappa shape index (κ3) is 5.70. The number of unbranched alkanes of at least 4 members (excludes halogenated alkanes) is 1. The van der Waals surface area contributed by atoms with Crippen molar-refractivity contribution in [1.82, 2.24) is 4.90 Å². The second-order valence-electron chi connectivity index (χ2n) is 3.97. The lowest BCUT2D eigenvalue weighted by atomic mass is 10.1. The largest absolute Gasteiger partial charge is 0.368 e. The van der Waals surface area contributed by atoms with Gasteiger partial charge in [-0.15, -0.1) is 0 Å². The first-order valence-electron chi connectivity index (χ1n) is 5.85. The zero-order valence-corrected chi connectivity index (χ0v) is 10.2. The number of hydrogen-bond acceptors (Lipinski definition) is 3. The first kappa shape index (κ1) is 14.9. The fourth-order valence-electron chi connectivity index (χ4n) is 1.47. The van der Waals surface area contributed by atoms with E-state index < -0.39 is 11.9 Å². The molecule has 0 saturated carbocycles. The Labute approximate surface area is 97.2 Å². The van der Waals surface area contributed by atoms with Gasteiger partial charge < -0.3 is 16.4 Å². The summed E-state index contributed by atoms with van der Waals surface area (Å²) in [7, 11) is 0. The quantitative estimate of drug-likeness (QED) is 0.624. The number of rotatable bonds is 8. The van der Waals surface area contributed by atoms with Crippen LogP contribution < -0.4 is 11.5 Å². The number of carbonyl (C=O) groups is 2. The molecule has 1 atom stereocenters. The highest BCUT2D eigenvalue weighted by Crippen LogP contribution is 2.02. The molecular formula is C11H23N3O2. The molecule has 16 heavy (non-hydrogen) atoms. The molecule has 4 N–H and O–H groups in total. The van der Waals surface area contributed by atoms with E-state index in [9.17, 15) is 9.59 Å². The van der Waals surface area contributed by atoms with Gasteiger partial charge in [0.2, 0.25) is 11.8 Å². The van der Waals surface area contributed by atoms with Crippen molar-refractivity contribution in [2.24, 2.45) is 11.5 Å². The van der Waals surface area contributed by atoms with Crippen LogP contribution in [0.1, 0.15) is 39.5 Å². The number of nitrogens with zero attached hydrogens (tertiary/aromatic N) is 1. The van der Waals surface area contributed by atoms with Crippen molar-refractivity contribution in [3.63, 3.8) is 0 Å². The minimum absolute atomic E-state index is 0.0315. The van der Waals surface area contributed by atoms with Gasteiger partial charge in [-0.3, -0.25) is 9.59 Å². The average Bonchev–Trinajstić information content (AvgIpc) is 2.23. The van der Waals surface area contributed by atoms with Gasteiger partial charge in [-0.25, -0.2) is 0 Å². The van der Waals surface area contributed by atoms with Crippen LogP contribution in [0.15, 0.2) is 0 Å². The molecule has 0 aromatic carbocycles. The highest BCUT2D eigenvalue weighted by atomic mass is 16.2. The minimum atomic E-state index is -0.513. The van der Waals surface area contributed by atoms with Crippen LogP contribution in [0, 0.1) is 0 Å². The monoisotopic (exact) mass is 229 g/mol. The number of nitrogens with two attached hydrogens (primary N) is 2. The van der Waals surface area contributed by atoms with E-state index in [1.54, 1.807) is 0 Å². The van der Waals surface area contributed by atoms with Crippen molar-refractivity contribution in [3.05, 3.63) is 0 Å². The lowest BCUT2D eigenvalue weighted by molar-refractivity contribution is -0.136. The molecule has 0 rings (SSSR count). The van der Waals surface area contributed by atoms with Crippen molar-refractivity contribution in [1.29, 1.82) is 0 Å². The van der Waals surface area contributed by atoms with Crippen LogP contribution in [0.25, 0.3) is 0 Å². The third-order valence-electron chi connectivity index (χ3n) is 2.36. The van der Waals surface area contributed by atoms with E-state index in [-0.39, 0.29) is 12.5 Å². The van der Waals surface area contributed by atoms with Gasteiger partial charge in [-0.2, -0.15) is 0 Å². The topological polar surface area (TPSA) is 89.4 Å². The smallest absolute Gasteiger partial charge is 0.239 e. The lowest BCUT2D eigenvalue weighted by Gasteiger charge is -2.24. The van der Waals surface area contributed by atoms with Gasteiger partial charge in [0.1, 0.15) is 0 Å². The predicted molar refractivity (Wildman–Crippen MR) is 63.6 cm³/mol. The number of primary amides is 1. The molecule has 2 amide bonds. The maximum absolute atomic E-state index is 11.9. The van der Waals surface area contributed by atoms with Crippen molar-refractivity contribution in [2.45, 2.75) is 45.6 Å². The summed E-state index contributed by atoms with van der Waals surface area (Å²) in [5.74, 6) is -0.665. The Hall–Kier alpha value is -1.10. The molecule has 5 heteroatoms. The molecule has 0 unspecified atom stereocenters. The summed E-state index contributed by atoms with van der Waals surface area (Å²) < 4.78 is 0. The van der Waals surface area contributed by atoms with Crippen LogP contribution in [0.5, 0.6) is 0 Å². The van der Waals surface area contributed by atoms with Crippen LogP contribution in [0.4, 0.5) is 0 Å². The molecule has 94 valence electrons. The molecule has 0 spiro atoms.